The summed E-state index contributed by atoms with van der Waals surface area (Å²) in [6.45, 7) is 2.28. The molecule has 1 aliphatic carbocycles. The zero-order valence-corrected chi connectivity index (χ0v) is 9.66. The number of para-hydroxylation sites is 1. The monoisotopic (exact) mass is 214 g/mol. The molecule has 0 aliphatic heterocycles. The van der Waals surface area contributed by atoms with Crippen molar-refractivity contribution in [1.82, 2.24) is 10.3 Å². The third-order valence-electron chi connectivity index (χ3n) is 3.30. The van der Waals surface area contributed by atoms with Gasteiger partial charge in [0.1, 0.15) is 0 Å². The minimum absolute atomic E-state index is 0.576. The second kappa shape index (κ2) is 3.95. The number of fused-ring (bicyclic) bond motifs is 1. The molecule has 0 spiro atoms. The summed E-state index contributed by atoms with van der Waals surface area (Å²) in [4.78, 5) is 3.33. The normalized spacial score (nSPS) is 17.8. The van der Waals surface area contributed by atoms with Crippen molar-refractivity contribution in [1.29, 1.82) is 0 Å². The predicted octanol–water partition coefficient (Wildman–Crippen LogP) is 2.85. The van der Waals surface area contributed by atoms with Gasteiger partial charge < -0.3 is 10.3 Å². The Morgan fingerprint density at radius 2 is 2.19 bits per heavy atom. The van der Waals surface area contributed by atoms with Gasteiger partial charge in [-0.05, 0) is 37.8 Å². The Morgan fingerprint density at radius 3 is 3.00 bits per heavy atom. The molecule has 1 aromatic carbocycles. The highest BCUT2D eigenvalue weighted by Gasteiger charge is 2.22. The van der Waals surface area contributed by atoms with Crippen molar-refractivity contribution in [2.45, 2.75) is 38.3 Å². The molecule has 1 aliphatic rings. The number of aromatic nitrogens is 1. The van der Waals surface area contributed by atoms with Gasteiger partial charge in [0.2, 0.25) is 0 Å². The highest BCUT2D eigenvalue weighted by molar-refractivity contribution is 5.83. The summed E-state index contributed by atoms with van der Waals surface area (Å²) in [5.41, 5.74) is 2.67. The lowest BCUT2D eigenvalue weighted by atomic mass is 10.1. The smallest absolute Gasteiger partial charge is 0.0456 e. The summed E-state index contributed by atoms with van der Waals surface area (Å²) in [7, 11) is 0. The molecule has 0 unspecified atom stereocenters. The van der Waals surface area contributed by atoms with Gasteiger partial charge in [-0.1, -0.05) is 18.2 Å². The van der Waals surface area contributed by atoms with E-state index in [1.54, 1.807) is 0 Å². The van der Waals surface area contributed by atoms with Crippen LogP contribution in [-0.2, 0) is 6.42 Å². The fraction of sp³-hybridized carbons (Fsp3) is 0.429. The van der Waals surface area contributed by atoms with Gasteiger partial charge in [0, 0.05) is 29.2 Å². The van der Waals surface area contributed by atoms with Crippen molar-refractivity contribution in [3.63, 3.8) is 0 Å². The van der Waals surface area contributed by atoms with Crippen molar-refractivity contribution in [3.05, 3.63) is 36.0 Å². The fourth-order valence-electron chi connectivity index (χ4n) is 2.34. The van der Waals surface area contributed by atoms with Crippen molar-refractivity contribution in [3.8, 4) is 0 Å². The largest absolute Gasteiger partial charge is 0.361 e. The molecule has 16 heavy (non-hydrogen) atoms. The molecule has 1 fully saturated rings. The van der Waals surface area contributed by atoms with E-state index in [1.807, 2.05) is 0 Å². The molecule has 2 nitrogen and oxygen atoms in total. The topological polar surface area (TPSA) is 27.8 Å². The van der Waals surface area contributed by atoms with Crippen LogP contribution in [0.25, 0.3) is 10.9 Å². The van der Waals surface area contributed by atoms with E-state index >= 15 is 0 Å². The molecule has 1 aromatic heterocycles. The van der Waals surface area contributed by atoms with E-state index in [-0.39, 0.29) is 0 Å². The van der Waals surface area contributed by atoms with Gasteiger partial charge in [-0.15, -0.1) is 0 Å². The molecule has 1 heterocycles. The first-order chi connectivity index (χ1) is 7.83. The van der Waals surface area contributed by atoms with E-state index in [0.29, 0.717) is 6.04 Å². The second-order valence-corrected chi connectivity index (χ2v) is 4.91. The van der Waals surface area contributed by atoms with Gasteiger partial charge in [-0.2, -0.15) is 0 Å². The van der Waals surface area contributed by atoms with Crippen LogP contribution in [-0.4, -0.2) is 17.1 Å². The third kappa shape index (κ3) is 1.98. The van der Waals surface area contributed by atoms with Crippen molar-refractivity contribution < 1.29 is 0 Å². The molecule has 0 amide bonds. The van der Waals surface area contributed by atoms with Gasteiger partial charge in [-0.25, -0.2) is 0 Å². The summed E-state index contributed by atoms with van der Waals surface area (Å²) in [6, 6.07) is 9.89. The van der Waals surface area contributed by atoms with Crippen LogP contribution in [0.2, 0.25) is 0 Å². The lowest BCUT2D eigenvalue weighted by Crippen LogP contribution is -2.29. The summed E-state index contributed by atoms with van der Waals surface area (Å²) >= 11 is 0. The van der Waals surface area contributed by atoms with E-state index in [4.69, 9.17) is 0 Å². The first-order valence-corrected chi connectivity index (χ1v) is 6.14. The lowest BCUT2D eigenvalue weighted by molar-refractivity contribution is 0.544. The Labute approximate surface area is 96.1 Å². The van der Waals surface area contributed by atoms with Crippen molar-refractivity contribution in [2.24, 2.45) is 0 Å². The maximum absolute atomic E-state index is 3.64. The average Bonchev–Trinajstić information content (AvgIpc) is 3.00. The first kappa shape index (κ1) is 9.91. The Bertz CT molecular complexity index is 482. The maximum Gasteiger partial charge on any atom is 0.0456 e. The molecular weight excluding hydrogens is 196 g/mol. The number of benzene rings is 1. The second-order valence-electron chi connectivity index (χ2n) is 4.91. The molecule has 0 radical (unpaired) electrons. The predicted molar refractivity (Wildman–Crippen MR) is 67.6 cm³/mol. The number of hydrogen-bond acceptors (Lipinski definition) is 1. The van der Waals surface area contributed by atoms with E-state index < -0.39 is 0 Å². The Balaban J connectivity index is 1.77. The molecule has 0 bridgehead atoms. The Kier molecular flexibility index (Phi) is 2.44. The van der Waals surface area contributed by atoms with Crippen molar-refractivity contribution >= 4 is 10.9 Å². The highest BCUT2D eigenvalue weighted by atomic mass is 15.0. The zero-order chi connectivity index (χ0) is 11.0. The number of nitrogens with one attached hydrogen (secondary N) is 2. The van der Waals surface area contributed by atoms with Crippen LogP contribution >= 0.6 is 0 Å². The molecule has 2 aromatic rings. The average molecular weight is 214 g/mol. The molecule has 2 heteroatoms. The van der Waals surface area contributed by atoms with Gasteiger partial charge >= 0.3 is 0 Å². The fourth-order valence-corrected chi connectivity index (χ4v) is 2.34. The number of aromatic amines is 1. The summed E-state index contributed by atoms with van der Waals surface area (Å²) in [6.07, 6.45) is 5.98. The van der Waals surface area contributed by atoms with E-state index in [1.165, 1.54) is 29.3 Å². The van der Waals surface area contributed by atoms with Crippen LogP contribution in [0.3, 0.4) is 0 Å². The van der Waals surface area contributed by atoms with Gasteiger partial charge in [0.15, 0.2) is 0 Å². The molecule has 0 saturated heterocycles. The lowest BCUT2D eigenvalue weighted by Gasteiger charge is -2.12. The SMILES string of the molecule is C[C@H](Cc1c[nH]c2ccccc12)NC1CC1. The van der Waals surface area contributed by atoms with Gasteiger partial charge in [-0.3, -0.25) is 0 Å². The summed E-state index contributed by atoms with van der Waals surface area (Å²) in [5, 5.41) is 5.01. The first-order valence-electron chi connectivity index (χ1n) is 6.14. The van der Waals surface area contributed by atoms with E-state index in [0.717, 1.165) is 12.5 Å². The van der Waals surface area contributed by atoms with Crippen LogP contribution in [0.4, 0.5) is 0 Å². The minimum atomic E-state index is 0.576. The van der Waals surface area contributed by atoms with Crippen LogP contribution < -0.4 is 5.32 Å². The Morgan fingerprint density at radius 1 is 1.38 bits per heavy atom. The van der Waals surface area contributed by atoms with Crippen LogP contribution in [0.1, 0.15) is 25.3 Å². The highest BCUT2D eigenvalue weighted by Crippen LogP contribution is 2.22. The quantitative estimate of drug-likeness (QED) is 0.804. The molecule has 84 valence electrons. The number of H-pyrrole nitrogens is 1. The molecule has 2 N–H and O–H groups in total. The Hall–Kier alpha value is -1.28. The van der Waals surface area contributed by atoms with Crippen molar-refractivity contribution in [2.75, 3.05) is 0 Å². The van der Waals surface area contributed by atoms with Gasteiger partial charge in [0.05, 0.1) is 0 Å². The molecule has 1 atom stereocenters. The summed E-state index contributed by atoms with van der Waals surface area (Å²) < 4.78 is 0. The van der Waals surface area contributed by atoms with Crippen LogP contribution in [0, 0.1) is 0 Å². The standard InChI is InChI=1S/C14H18N2/c1-10(16-12-6-7-12)8-11-9-15-14-5-3-2-4-13(11)14/h2-5,9-10,12,15-16H,6-8H2,1H3/t10-/m1/s1. The third-order valence-corrected chi connectivity index (χ3v) is 3.30. The number of hydrogen-bond donors (Lipinski definition) is 2. The summed E-state index contributed by atoms with van der Waals surface area (Å²) in [5.74, 6) is 0. The molecule has 1 saturated carbocycles. The minimum Gasteiger partial charge on any atom is -0.361 e. The van der Waals surface area contributed by atoms with E-state index in [9.17, 15) is 0 Å². The van der Waals surface area contributed by atoms with E-state index in [2.05, 4.69) is 47.7 Å². The number of rotatable bonds is 4. The van der Waals surface area contributed by atoms with Crippen LogP contribution in [0.5, 0.6) is 0 Å². The molecule has 3 rings (SSSR count). The zero-order valence-electron chi connectivity index (χ0n) is 9.66. The molecular formula is C14H18N2. The van der Waals surface area contributed by atoms with Gasteiger partial charge in [0.25, 0.3) is 0 Å². The maximum atomic E-state index is 3.64. The van der Waals surface area contributed by atoms with Crippen LogP contribution in [0.15, 0.2) is 30.5 Å².